The van der Waals surface area contributed by atoms with E-state index in [1.165, 1.54) is 19.3 Å². The molecule has 3 fully saturated rings. The zero-order valence-electron chi connectivity index (χ0n) is 10.5. The Morgan fingerprint density at radius 2 is 2.35 bits per heavy atom. The van der Waals surface area contributed by atoms with E-state index >= 15 is 0 Å². The molecule has 4 heteroatoms. The number of amides is 1. The molecule has 0 radical (unpaired) electrons. The Labute approximate surface area is 102 Å². The first-order chi connectivity index (χ1) is 8.18. The van der Waals surface area contributed by atoms with Crippen molar-refractivity contribution >= 4 is 5.91 Å². The molecule has 4 unspecified atom stereocenters. The maximum Gasteiger partial charge on any atom is 0.237 e. The summed E-state index contributed by atoms with van der Waals surface area (Å²) < 4.78 is 5.38. The molecular formula is C13H22N2O2. The smallest absolute Gasteiger partial charge is 0.237 e. The molecule has 0 spiro atoms. The fourth-order valence-corrected chi connectivity index (χ4v) is 3.62. The van der Waals surface area contributed by atoms with Gasteiger partial charge in [-0.1, -0.05) is 6.42 Å². The van der Waals surface area contributed by atoms with Crippen LogP contribution >= 0.6 is 0 Å². The summed E-state index contributed by atoms with van der Waals surface area (Å²) >= 11 is 0. The second-order valence-corrected chi connectivity index (χ2v) is 6.09. The lowest BCUT2D eigenvalue weighted by Gasteiger charge is -2.27. The molecule has 2 heterocycles. The van der Waals surface area contributed by atoms with Crippen molar-refractivity contribution < 1.29 is 9.53 Å². The zero-order chi connectivity index (χ0) is 11.9. The predicted molar refractivity (Wildman–Crippen MR) is 64.6 cm³/mol. The van der Waals surface area contributed by atoms with Gasteiger partial charge in [0.2, 0.25) is 5.91 Å². The summed E-state index contributed by atoms with van der Waals surface area (Å²) in [6, 6.07) is 0.0416. The van der Waals surface area contributed by atoms with E-state index in [2.05, 4.69) is 17.6 Å². The zero-order valence-corrected chi connectivity index (χ0v) is 10.5. The van der Waals surface area contributed by atoms with Crippen LogP contribution in [0.2, 0.25) is 0 Å². The van der Waals surface area contributed by atoms with Gasteiger partial charge >= 0.3 is 0 Å². The van der Waals surface area contributed by atoms with Gasteiger partial charge in [0.15, 0.2) is 0 Å². The van der Waals surface area contributed by atoms with Crippen molar-refractivity contribution in [1.29, 1.82) is 0 Å². The molecule has 3 rings (SSSR count). The van der Waals surface area contributed by atoms with Crippen molar-refractivity contribution in [2.75, 3.05) is 19.8 Å². The first-order valence-corrected chi connectivity index (χ1v) is 6.81. The Balaban J connectivity index is 1.62. The second-order valence-electron chi connectivity index (χ2n) is 6.09. The van der Waals surface area contributed by atoms with Gasteiger partial charge in [0.1, 0.15) is 0 Å². The van der Waals surface area contributed by atoms with E-state index in [1.54, 1.807) is 0 Å². The van der Waals surface area contributed by atoms with Gasteiger partial charge in [0, 0.05) is 6.61 Å². The minimum atomic E-state index is -0.143. The van der Waals surface area contributed by atoms with Crippen LogP contribution in [0.15, 0.2) is 0 Å². The van der Waals surface area contributed by atoms with E-state index < -0.39 is 0 Å². The molecule has 4 nitrogen and oxygen atoms in total. The molecule has 4 atom stereocenters. The number of hydrogen-bond donors (Lipinski definition) is 2. The lowest BCUT2D eigenvalue weighted by atomic mass is 9.92. The monoisotopic (exact) mass is 238 g/mol. The van der Waals surface area contributed by atoms with Crippen LogP contribution in [0.25, 0.3) is 0 Å². The van der Waals surface area contributed by atoms with Crippen molar-refractivity contribution in [3.8, 4) is 0 Å². The van der Waals surface area contributed by atoms with Crippen LogP contribution in [-0.4, -0.2) is 37.2 Å². The van der Waals surface area contributed by atoms with Crippen LogP contribution in [0, 0.1) is 11.8 Å². The summed E-state index contributed by atoms with van der Waals surface area (Å²) in [5, 5.41) is 6.58. The maximum atomic E-state index is 12.3. The lowest BCUT2D eigenvalue weighted by molar-refractivity contribution is -0.125. The molecule has 2 aliphatic heterocycles. The fraction of sp³-hybridized carbons (Fsp3) is 0.923. The molecule has 2 saturated heterocycles. The number of carbonyl (C=O) groups is 1. The number of nitrogens with one attached hydrogen (secondary N) is 2. The molecular weight excluding hydrogens is 216 g/mol. The molecule has 0 aromatic rings. The Morgan fingerprint density at radius 3 is 3.12 bits per heavy atom. The average Bonchev–Trinajstić information content (AvgIpc) is 2.91. The van der Waals surface area contributed by atoms with Gasteiger partial charge in [0.25, 0.3) is 0 Å². The van der Waals surface area contributed by atoms with Crippen molar-refractivity contribution in [3.05, 3.63) is 0 Å². The van der Waals surface area contributed by atoms with Crippen LogP contribution in [0.1, 0.15) is 32.6 Å². The summed E-state index contributed by atoms with van der Waals surface area (Å²) in [5.41, 5.74) is -0.143. The molecule has 0 aromatic carbocycles. The minimum absolute atomic E-state index is 0.0416. The molecule has 17 heavy (non-hydrogen) atoms. The molecule has 3 aliphatic rings. The minimum Gasteiger partial charge on any atom is -0.379 e. The van der Waals surface area contributed by atoms with Gasteiger partial charge in [-0.2, -0.15) is 0 Å². The van der Waals surface area contributed by atoms with Gasteiger partial charge in [-0.15, -0.1) is 0 Å². The fourth-order valence-electron chi connectivity index (χ4n) is 3.62. The molecule has 1 amide bonds. The predicted octanol–water partition coefficient (Wildman–Crippen LogP) is 0.670. The number of rotatable bonds is 2. The highest BCUT2D eigenvalue weighted by Gasteiger charge is 2.44. The molecule has 0 bridgehead atoms. The molecule has 1 aliphatic carbocycles. The topological polar surface area (TPSA) is 50.4 Å². The molecule has 96 valence electrons. The third kappa shape index (κ3) is 2.08. The normalized spacial score (nSPS) is 44.9. The van der Waals surface area contributed by atoms with Crippen molar-refractivity contribution in [2.45, 2.75) is 44.2 Å². The summed E-state index contributed by atoms with van der Waals surface area (Å²) in [4.78, 5) is 12.3. The van der Waals surface area contributed by atoms with Crippen LogP contribution in [0.4, 0.5) is 0 Å². The Morgan fingerprint density at radius 1 is 1.47 bits per heavy atom. The van der Waals surface area contributed by atoms with Gasteiger partial charge < -0.3 is 15.4 Å². The summed E-state index contributed by atoms with van der Waals surface area (Å²) in [6.45, 7) is 4.52. The van der Waals surface area contributed by atoms with Crippen molar-refractivity contribution in [3.63, 3.8) is 0 Å². The maximum absolute atomic E-state index is 12.3. The SMILES string of the molecule is CC1(NC(=O)C2NCC3CCCC32)CCOC1. The highest BCUT2D eigenvalue weighted by Crippen LogP contribution is 2.37. The Kier molecular flexibility index (Phi) is 2.87. The Bertz CT molecular complexity index is 313. The summed E-state index contributed by atoms with van der Waals surface area (Å²) in [5.74, 6) is 1.49. The summed E-state index contributed by atoms with van der Waals surface area (Å²) in [6.07, 6.45) is 4.73. The highest BCUT2D eigenvalue weighted by atomic mass is 16.5. The highest BCUT2D eigenvalue weighted by molar-refractivity contribution is 5.83. The van der Waals surface area contributed by atoms with E-state index in [1.807, 2.05) is 0 Å². The van der Waals surface area contributed by atoms with E-state index in [4.69, 9.17) is 4.74 Å². The van der Waals surface area contributed by atoms with Crippen molar-refractivity contribution in [1.82, 2.24) is 10.6 Å². The van der Waals surface area contributed by atoms with E-state index in [-0.39, 0.29) is 17.5 Å². The quantitative estimate of drug-likeness (QED) is 0.743. The second kappa shape index (κ2) is 4.25. The lowest BCUT2D eigenvalue weighted by Crippen LogP contribution is -2.53. The first-order valence-electron chi connectivity index (χ1n) is 6.81. The van der Waals surface area contributed by atoms with Crippen LogP contribution in [-0.2, 0) is 9.53 Å². The average molecular weight is 238 g/mol. The van der Waals surface area contributed by atoms with Gasteiger partial charge in [0.05, 0.1) is 18.2 Å². The third-order valence-corrected chi connectivity index (χ3v) is 4.67. The standard InChI is InChI=1S/C13H22N2O2/c1-13(5-6-17-8-13)15-12(16)11-10-4-2-3-9(10)7-14-11/h9-11,14H,2-8H2,1H3,(H,15,16). The first kappa shape index (κ1) is 11.5. The van der Waals surface area contributed by atoms with E-state index in [9.17, 15) is 4.79 Å². The van der Waals surface area contributed by atoms with Gasteiger partial charge in [-0.3, -0.25) is 4.79 Å². The van der Waals surface area contributed by atoms with E-state index in [0.29, 0.717) is 12.5 Å². The van der Waals surface area contributed by atoms with E-state index in [0.717, 1.165) is 25.5 Å². The number of carbonyl (C=O) groups excluding carboxylic acids is 1. The van der Waals surface area contributed by atoms with Crippen LogP contribution in [0.3, 0.4) is 0 Å². The largest absolute Gasteiger partial charge is 0.379 e. The van der Waals surface area contributed by atoms with Gasteiger partial charge in [-0.25, -0.2) is 0 Å². The van der Waals surface area contributed by atoms with Crippen LogP contribution < -0.4 is 10.6 Å². The van der Waals surface area contributed by atoms with Gasteiger partial charge in [-0.05, 0) is 44.6 Å². The Hall–Kier alpha value is -0.610. The molecule has 1 saturated carbocycles. The third-order valence-electron chi connectivity index (χ3n) is 4.67. The van der Waals surface area contributed by atoms with Crippen LogP contribution in [0.5, 0.6) is 0 Å². The molecule has 2 N–H and O–H groups in total. The summed E-state index contributed by atoms with van der Waals surface area (Å²) in [7, 11) is 0. The van der Waals surface area contributed by atoms with Crippen molar-refractivity contribution in [2.24, 2.45) is 11.8 Å². The number of hydrogen-bond acceptors (Lipinski definition) is 3. The molecule has 0 aromatic heterocycles. The number of fused-ring (bicyclic) bond motifs is 1. The number of ether oxygens (including phenoxy) is 1.